The summed E-state index contributed by atoms with van der Waals surface area (Å²) in [5, 5.41) is 5.57. The van der Waals surface area contributed by atoms with Crippen molar-refractivity contribution in [1.29, 1.82) is 0 Å². The van der Waals surface area contributed by atoms with Crippen LogP contribution in [0.5, 0.6) is 0 Å². The second kappa shape index (κ2) is 2.84. The summed E-state index contributed by atoms with van der Waals surface area (Å²) in [5.41, 5.74) is 4.49. The highest BCUT2D eigenvalue weighted by Gasteiger charge is 1.86. The number of primary amides is 1. The van der Waals surface area contributed by atoms with E-state index < -0.39 is 11.9 Å². The summed E-state index contributed by atoms with van der Waals surface area (Å²) in [4.78, 5) is 19.6. The summed E-state index contributed by atoms with van der Waals surface area (Å²) in [6.07, 6.45) is 0. The van der Waals surface area contributed by atoms with Gasteiger partial charge < -0.3 is 5.73 Å². The molecule has 44 valence electrons. The number of nitrogens with two attached hydrogens (primary N) is 1. The fourth-order valence-corrected chi connectivity index (χ4v) is 0.120. The Kier molecular flexibility index (Phi) is 2.39. The zero-order chi connectivity index (χ0) is 6.57. The van der Waals surface area contributed by atoms with Crippen molar-refractivity contribution in [2.75, 3.05) is 0 Å². The Morgan fingerprint density at radius 1 is 1.38 bits per heavy atom. The van der Waals surface area contributed by atoms with Gasteiger partial charge in [0.25, 0.3) is 5.91 Å². The van der Waals surface area contributed by atoms with E-state index in [2.05, 4.69) is 16.0 Å². The van der Waals surface area contributed by atoms with Gasteiger partial charge in [-0.05, 0) is 0 Å². The lowest BCUT2D eigenvalue weighted by Crippen LogP contribution is -2.02. The van der Waals surface area contributed by atoms with Crippen molar-refractivity contribution in [3.63, 3.8) is 0 Å². The van der Waals surface area contributed by atoms with Crippen molar-refractivity contribution in [2.45, 2.75) is 6.92 Å². The quantitative estimate of drug-likeness (QED) is 0.453. The third-order valence-corrected chi connectivity index (χ3v) is 0.289. The summed E-state index contributed by atoms with van der Waals surface area (Å²) in [7, 11) is 0. The van der Waals surface area contributed by atoms with Gasteiger partial charge in [0, 0.05) is 6.92 Å². The third kappa shape index (κ3) is 4.74. The molecule has 0 aliphatic rings. The van der Waals surface area contributed by atoms with Gasteiger partial charge in [-0.2, -0.15) is 0 Å². The first-order chi connectivity index (χ1) is 3.63. The molecule has 0 aliphatic heterocycles. The Hall–Kier alpha value is -1.26. The van der Waals surface area contributed by atoms with E-state index in [1.54, 1.807) is 0 Å². The number of carbonyl (C=O) groups excluding carboxylic acids is 2. The van der Waals surface area contributed by atoms with Crippen LogP contribution in [0.2, 0.25) is 0 Å². The molecule has 0 saturated carbocycles. The first-order valence-electron chi connectivity index (χ1n) is 1.84. The van der Waals surface area contributed by atoms with E-state index >= 15 is 0 Å². The summed E-state index contributed by atoms with van der Waals surface area (Å²) in [5.74, 6) is -0.538. The van der Waals surface area contributed by atoms with Gasteiger partial charge in [-0.1, -0.05) is 5.11 Å². The fourth-order valence-electron chi connectivity index (χ4n) is 0.120. The van der Waals surface area contributed by atoms with Crippen molar-refractivity contribution >= 4 is 11.9 Å². The number of rotatable bonds is 0. The van der Waals surface area contributed by atoms with Crippen LogP contribution < -0.4 is 5.73 Å². The van der Waals surface area contributed by atoms with Crippen LogP contribution in [-0.2, 0) is 4.79 Å². The molecule has 0 heterocycles. The van der Waals surface area contributed by atoms with Gasteiger partial charge in [0.1, 0.15) is 0 Å². The number of nitrogens with zero attached hydrogens (tertiary/aromatic N) is 2. The van der Waals surface area contributed by atoms with Gasteiger partial charge >= 0.3 is 6.03 Å². The molecule has 0 rings (SSSR count). The fraction of sp³-hybridized carbons (Fsp3) is 0.333. The van der Waals surface area contributed by atoms with Gasteiger partial charge in [0.05, 0.1) is 0 Å². The highest BCUT2D eigenvalue weighted by molar-refractivity contribution is 5.77. The summed E-state index contributed by atoms with van der Waals surface area (Å²) < 4.78 is 0. The van der Waals surface area contributed by atoms with Crippen LogP contribution in [0.4, 0.5) is 4.79 Å². The summed E-state index contributed by atoms with van der Waals surface area (Å²) in [6, 6.07) is -0.958. The van der Waals surface area contributed by atoms with Crippen molar-refractivity contribution in [2.24, 2.45) is 16.0 Å². The molecular weight excluding hydrogens is 110 g/mol. The zero-order valence-electron chi connectivity index (χ0n) is 4.29. The van der Waals surface area contributed by atoms with Gasteiger partial charge in [-0.3, -0.25) is 4.79 Å². The predicted octanol–water partition coefficient (Wildman–Crippen LogP) is 0.0638. The average molecular weight is 115 g/mol. The molecule has 3 amide bonds. The number of azo groups is 1. The molecule has 0 unspecified atom stereocenters. The van der Waals surface area contributed by atoms with Gasteiger partial charge in [-0.25, -0.2) is 4.79 Å². The highest BCUT2D eigenvalue weighted by Crippen LogP contribution is 1.74. The zero-order valence-corrected chi connectivity index (χ0v) is 4.29. The van der Waals surface area contributed by atoms with Crippen molar-refractivity contribution < 1.29 is 9.59 Å². The van der Waals surface area contributed by atoms with Gasteiger partial charge in [-0.15, -0.1) is 5.11 Å². The molecule has 0 atom stereocenters. The van der Waals surface area contributed by atoms with Crippen molar-refractivity contribution in [1.82, 2.24) is 0 Å². The number of urea groups is 1. The summed E-state index contributed by atoms with van der Waals surface area (Å²) in [6.45, 7) is 1.17. The molecule has 0 spiro atoms. The SMILES string of the molecule is CC(=O)N=NC(N)=O. The molecular formula is C3H5N3O2. The van der Waals surface area contributed by atoms with E-state index in [4.69, 9.17) is 0 Å². The molecule has 0 radical (unpaired) electrons. The second-order valence-corrected chi connectivity index (χ2v) is 1.06. The van der Waals surface area contributed by atoms with Crippen LogP contribution in [0.15, 0.2) is 10.2 Å². The van der Waals surface area contributed by atoms with Crippen LogP contribution in [0, 0.1) is 0 Å². The molecule has 5 nitrogen and oxygen atoms in total. The lowest BCUT2D eigenvalue weighted by molar-refractivity contribution is -0.116. The molecule has 0 bridgehead atoms. The first-order valence-corrected chi connectivity index (χ1v) is 1.84. The van der Waals surface area contributed by atoms with Crippen LogP contribution in [0.1, 0.15) is 6.92 Å². The lowest BCUT2D eigenvalue weighted by Gasteiger charge is -1.74. The average Bonchev–Trinajstić information content (AvgIpc) is 1.61. The van der Waals surface area contributed by atoms with E-state index in [1.165, 1.54) is 6.92 Å². The number of amides is 3. The Bertz CT molecular complexity index is 123. The van der Waals surface area contributed by atoms with E-state index in [9.17, 15) is 9.59 Å². The minimum absolute atomic E-state index is 0.538. The smallest absolute Gasteiger partial charge is 0.348 e. The Balaban J connectivity index is 3.67. The van der Waals surface area contributed by atoms with Gasteiger partial charge in [0.15, 0.2) is 0 Å². The Morgan fingerprint density at radius 3 is 2.00 bits per heavy atom. The van der Waals surface area contributed by atoms with Crippen LogP contribution in [-0.4, -0.2) is 11.9 Å². The monoisotopic (exact) mass is 115 g/mol. The summed E-state index contributed by atoms with van der Waals surface area (Å²) >= 11 is 0. The third-order valence-electron chi connectivity index (χ3n) is 0.289. The van der Waals surface area contributed by atoms with E-state index in [0.29, 0.717) is 0 Å². The molecule has 0 aromatic rings. The number of hydrogen-bond acceptors (Lipinski definition) is 2. The van der Waals surface area contributed by atoms with Crippen LogP contribution in [0.3, 0.4) is 0 Å². The molecule has 0 fully saturated rings. The molecule has 8 heavy (non-hydrogen) atoms. The Morgan fingerprint density at radius 2 is 1.88 bits per heavy atom. The number of hydrogen-bond donors (Lipinski definition) is 1. The molecule has 0 aromatic heterocycles. The molecule has 0 aliphatic carbocycles. The Labute approximate surface area is 45.6 Å². The minimum atomic E-state index is -0.958. The standard InChI is InChI=1S/C3H5N3O2/c1-2(7)5-6-3(4)8/h1H3,(H2,4,8). The van der Waals surface area contributed by atoms with E-state index in [-0.39, 0.29) is 0 Å². The maximum absolute atomic E-state index is 9.88. The van der Waals surface area contributed by atoms with Crippen LogP contribution >= 0.6 is 0 Å². The maximum Gasteiger partial charge on any atom is 0.357 e. The molecule has 0 aromatic carbocycles. The number of carbonyl (C=O) groups is 2. The van der Waals surface area contributed by atoms with E-state index in [0.717, 1.165) is 0 Å². The van der Waals surface area contributed by atoms with Crippen molar-refractivity contribution in [3.05, 3.63) is 0 Å². The predicted molar refractivity (Wildman–Crippen MR) is 25.1 cm³/mol. The molecule has 0 saturated heterocycles. The lowest BCUT2D eigenvalue weighted by atomic mass is 10.8. The minimum Gasteiger partial charge on any atom is -0.348 e. The second-order valence-electron chi connectivity index (χ2n) is 1.06. The molecule has 2 N–H and O–H groups in total. The van der Waals surface area contributed by atoms with Gasteiger partial charge in [0.2, 0.25) is 0 Å². The maximum atomic E-state index is 9.88. The topological polar surface area (TPSA) is 84.9 Å². The highest BCUT2D eigenvalue weighted by atomic mass is 16.2. The van der Waals surface area contributed by atoms with Crippen LogP contribution in [0.25, 0.3) is 0 Å². The molecule has 5 heteroatoms. The largest absolute Gasteiger partial charge is 0.357 e. The van der Waals surface area contributed by atoms with E-state index in [1.807, 2.05) is 0 Å². The van der Waals surface area contributed by atoms with Crippen molar-refractivity contribution in [3.8, 4) is 0 Å². The normalized spacial score (nSPS) is 9.62. The first kappa shape index (κ1) is 6.74.